The number of H-pyrrole nitrogens is 1. The van der Waals surface area contributed by atoms with Gasteiger partial charge in [0.25, 0.3) is 0 Å². The minimum atomic E-state index is -0.611. The molecule has 0 bridgehead atoms. The van der Waals surface area contributed by atoms with E-state index < -0.39 is 5.54 Å². The lowest BCUT2D eigenvalue weighted by Gasteiger charge is -2.29. The number of imidazole rings is 1. The number of aliphatic hydroxyl groups excluding tert-OH is 1. The molecule has 7 heteroatoms. The number of methoxy groups -OCH3 is 1. The van der Waals surface area contributed by atoms with Gasteiger partial charge in [-0.25, -0.2) is 9.37 Å². The van der Waals surface area contributed by atoms with Gasteiger partial charge in [-0.05, 0) is 25.5 Å². The number of aromatic nitrogens is 2. The Morgan fingerprint density at radius 3 is 2.96 bits per heavy atom. The number of rotatable bonds is 8. The van der Waals surface area contributed by atoms with Crippen LogP contribution in [0.1, 0.15) is 25.6 Å². The van der Waals surface area contributed by atoms with Gasteiger partial charge in [0.05, 0.1) is 17.7 Å². The van der Waals surface area contributed by atoms with Crippen molar-refractivity contribution in [1.29, 1.82) is 0 Å². The van der Waals surface area contributed by atoms with Gasteiger partial charge in [-0.2, -0.15) is 0 Å². The van der Waals surface area contributed by atoms with Crippen molar-refractivity contribution in [2.75, 3.05) is 20.3 Å². The number of halogens is 1. The molecule has 1 heterocycles. The molecule has 1 aromatic carbocycles. The van der Waals surface area contributed by atoms with Gasteiger partial charge in [-0.3, -0.25) is 4.79 Å². The number of hydrogen-bond donors (Lipinski definition) is 3. The van der Waals surface area contributed by atoms with E-state index in [1.807, 2.05) is 6.92 Å². The molecular weight excluding hydrogens is 301 g/mol. The van der Waals surface area contributed by atoms with Crippen molar-refractivity contribution in [1.82, 2.24) is 15.3 Å². The molecule has 0 fully saturated rings. The summed E-state index contributed by atoms with van der Waals surface area (Å²) in [5, 5.41) is 12.0. The lowest BCUT2D eigenvalue weighted by atomic mass is 9.99. The first-order valence-corrected chi connectivity index (χ1v) is 7.51. The van der Waals surface area contributed by atoms with Crippen molar-refractivity contribution in [3.8, 4) is 0 Å². The van der Waals surface area contributed by atoms with Gasteiger partial charge in [-0.1, -0.05) is 6.07 Å². The Labute approximate surface area is 134 Å². The van der Waals surface area contributed by atoms with Gasteiger partial charge < -0.3 is 20.1 Å². The number of nitrogens with one attached hydrogen (secondary N) is 2. The maximum absolute atomic E-state index is 13.6. The molecule has 6 nitrogen and oxygen atoms in total. The van der Waals surface area contributed by atoms with Crippen molar-refractivity contribution in [3.63, 3.8) is 0 Å². The van der Waals surface area contributed by atoms with Gasteiger partial charge in [0.1, 0.15) is 11.3 Å². The van der Waals surface area contributed by atoms with E-state index in [0.29, 0.717) is 30.8 Å². The van der Waals surface area contributed by atoms with Crippen LogP contribution in [0.15, 0.2) is 18.2 Å². The quantitative estimate of drug-likeness (QED) is 0.688. The van der Waals surface area contributed by atoms with Crippen LogP contribution < -0.4 is 5.32 Å². The molecule has 1 unspecified atom stereocenters. The molecule has 1 aromatic heterocycles. The third kappa shape index (κ3) is 4.49. The molecule has 0 saturated heterocycles. The van der Waals surface area contributed by atoms with Crippen LogP contribution in [0.4, 0.5) is 4.39 Å². The minimum Gasteiger partial charge on any atom is -0.396 e. The molecule has 0 radical (unpaired) electrons. The topological polar surface area (TPSA) is 87.2 Å². The van der Waals surface area contributed by atoms with Crippen LogP contribution in [0.2, 0.25) is 0 Å². The molecule has 3 N–H and O–H groups in total. The number of benzene rings is 1. The summed E-state index contributed by atoms with van der Waals surface area (Å²) in [5.41, 5.74) is 0.290. The van der Waals surface area contributed by atoms with Crippen molar-refractivity contribution in [2.45, 2.75) is 31.7 Å². The number of carbonyl (C=O) groups excluding carboxylic acids is 1. The first kappa shape index (κ1) is 17.4. The van der Waals surface area contributed by atoms with Gasteiger partial charge in [0.15, 0.2) is 5.82 Å². The number of nitrogens with zero attached hydrogens (tertiary/aromatic N) is 1. The van der Waals surface area contributed by atoms with Crippen LogP contribution in [0.5, 0.6) is 0 Å². The number of amides is 1. The summed E-state index contributed by atoms with van der Waals surface area (Å²) < 4.78 is 18.7. The fraction of sp³-hybridized carbons (Fsp3) is 0.500. The highest BCUT2D eigenvalue weighted by Crippen LogP contribution is 2.16. The van der Waals surface area contributed by atoms with Crippen molar-refractivity contribution in [2.24, 2.45) is 0 Å². The van der Waals surface area contributed by atoms with Gasteiger partial charge >= 0.3 is 0 Å². The second-order valence-corrected chi connectivity index (χ2v) is 5.83. The zero-order chi connectivity index (χ0) is 16.9. The summed E-state index contributed by atoms with van der Waals surface area (Å²) in [7, 11) is 1.55. The van der Waals surface area contributed by atoms with Crippen LogP contribution in [0, 0.1) is 5.82 Å². The average molecular weight is 323 g/mol. The molecule has 23 heavy (non-hydrogen) atoms. The summed E-state index contributed by atoms with van der Waals surface area (Å²) in [5.74, 6) is 0.0137. The Morgan fingerprint density at radius 1 is 1.52 bits per heavy atom. The van der Waals surface area contributed by atoms with E-state index in [2.05, 4.69) is 15.3 Å². The number of aliphatic hydroxyl groups is 1. The van der Waals surface area contributed by atoms with E-state index in [-0.39, 0.29) is 30.3 Å². The molecule has 1 amide bonds. The molecule has 1 atom stereocenters. The fourth-order valence-electron chi connectivity index (χ4n) is 2.53. The Balaban J connectivity index is 1.96. The van der Waals surface area contributed by atoms with E-state index >= 15 is 0 Å². The highest BCUT2D eigenvalue weighted by molar-refractivity contribution is 5.78. The number of hydrogen-bond acceptors (Lipinski definition) is 4. The van der Waals surface area contributed by atoms with Crippen LogP contribution in [0.3, 0.4) is 0 Å². The maximum atomic E-state index is 13.6. The molecule has 2 rings (SSSR count). The molecule has 0 aliphatic carbocycles. The smallest absolute Gasteiger partial charge is 0.220 e. The van der Waals surface area contributed by atoms with Crippen molar-refractivity contribution >= 4 is 16.9 Å². The fourth-order valence-corrected chi connectivity index (χ4v) is 2.53. The minimum absolute atomic E-state index is 0.0387. The van der Waals surface area contributed by atoms with E-state index in [0.717, 1.165) is 0 Å². The number of aromatic amines is 1. The van der Waals surface area contributed by atoms with E-state index in [9.17, 15) is 9.18 Å². The summed E-state index contributed by atoms with van der Waals surface area (Å²) in [6, 6.07) is 4.70. The molecule has 0 aliphatic rings. The summed E-state index contributed by atoms with van der Waals surface area (Å²) >= 11 is 0. The van der Waals surface area contributed by atoms with E-state index in [4.69, 9.17) is 9.84 Å². The second kappa shape index (κ2) is 7.52. The third-order valence-electron chi connectivity index (χ3n) is 3.67. The Kier molecular flexibility index (Phi) is 5.68. The Morgan fingerprint density at radius 2 is 2.30 bits per heavy atom. The normalized spacial score (nSPS) is 13.9. The van der Waals surface area contributed by atoms with Crippen LogP contribution in [-0.2, 0) is 16.0 Å². The van der Waals surface area contributed by atoms with Crippen molar-refractivity contribution < 1.29 is 19.0 Å². The molecule has 0 saturated carbocycles. The second-order valence-electron chi connectivity index (χ2n) is 5.83. The number of fused-ring (bicyclic) bond motifs is 1. The number of ether oxygens (including phenoxy) is 1. The SMILES string of the molecule is COCC(C)(CCO)NC(=O)CCc1nc2c(F)cccc2[nH]1. The van der Waals surface area contributed by atoms with Crippen LogP contribution in [-0.4, -0.2) is 46.8 Å². The predicted molar refractivity (Wildman–Crippen MR) is 84.5 cm³/mol. The molecular formula is C16H22FN3O3. The third-order valence-corrected chi connectivity index (χ3v) is 3.67. The van der Waals surface area contributed by atoms with E-state index in [1.165, 1.54) is 6.07 Å². The molecule has 126 valence electrons. The number of para-hydroxylation sites is 1. The summed E-state index contributed by atoms with van der Waals surface area (Å²) in [4.78, 5) is 19.3. The number of carbonyl (C=O) groups is 1. The standard InChI is InChI=1S/C16H22FN3O3/c1-16(8-9-21,10-23-2)20-14(22)7-6-13-18-12-5-3-4-11(17)15(12)19-13/h3-5,21H,6-10H2,1-2H3,(H,18,19)(H,20,22). The highest BCUT2D eigenvalue weighted by Gasteiger charge is 2.25. The highest BCUT2D eigenvalue weighted by atomic mass is 19.1. The van der Waals surface area contributed by atoms with E-state index in [1.54, 1.807) is 19.2 Å². The van der Waals surface area contributed by atoms with Crippen LogP contribution >= 0.6 is 0 Å². The van der Waals surface area contributed by atoms with Gasteiger partial charge in [0.2, 0.25) is 5.91 Å². The Hall–Kier alpha value is -1.99. The summed E-state index contributed by atoms with van der Waals surface area (Å²) in [6.07, 6.45) is 0.997. The molecule has 0 aliphatic heterocycles. The zero-order valence-electron chi connectivity index (χ0n) is 13.4. The maximum Gasteiger partial charge on any atom is 0.220 e. The molecule has 0 spiro atoms. The van der Waals surface area contributed by atoms with Gasteiger partial charge in [0, 0.05) is 26.6 Å². The van der Waals surface area contributed by atoms with Crippen LogP contribution in [0.25, 0.3) is 11.0 Å². The van der Waals surface area contributed by atoms with Crippen molar-refractivity contribution in [3.05, 3.63) is 29.8 Å². The lowest BCUT2D eigenvalue weighted by Crippen LogP contribution is -2.50. The molecule has 2 aromatic rings. The summed E-state index contributed by atoms with van der Waals surface area (Å²) in [6.45, 7) is 2.10. The van der Waals surface area contributed by atoms with Gasteiger partial charge in [-0.15, -0.1) is 0 Å². The zero-order valence-corrected chi connectivity index (χ0v) is 13.4. The first-order valence-electron chi connectivity index (χ1n) is 7.51. The largest absolute Gasteiger partial charge is 0.396 e. The Bertz CT molecular complexity index is 666. The predicted octanol–water partition coefficient (Wildman–Crippen LogP) is 1.54. The average Bonchev–Trinajstić information content (AvgIpc) is 2.90. The lowest BCUT2D eigenvalue weighted by molar-refractivity contribution is -0.123. The first-order chi connectivity index (χ1) is 11.0. The monoisotopic (exact) mass is 323 g/mol. The number of aryl methyl sites for hydroxylation is 1.